The van der Waals surface area contributed by atoms with Gasteiger partial charge in [-0.1, -0.05) is 12.1 Å². The van der Waals surface area contributed by atoms with E-state index in [1.165, 1.54) is 0 Å². The van der Waals surface area contributed by atoms with Gasteiger partial charge in [-0.15, -0.1) is 0 Å². The van der Waals surface area contributed by atoms with E-state index in [1.807, 2.05) is 54.5 Å². The summed E-state index contributed by atoms with van der Waals surface area (Å²) in [7, 11) is 1.93. The second-order valence-electron chi connectivity index (χ2n) is 4.76. The van der Waals surface area contributed by atoms with Gasteiger partial charge in [-0.3, -0.25) is 9.67 Å². The van der Waals surface area contributed by atoms with Gasteiger partial charge in [0, 0.05) is 32.8 Å². The van der Waals surface area contributed by atoms with E-state index in [0.29, 0.717) is 0 Å². The van der Waals surface area contributed by atoms with Crippen LogP contribution in [0.25, 0.3) is 11.0 Å². The number of benzene rings is 1. The fraction of sp³-hybridized carbons (Fsp3) is 0.267. The number of nitrogens with one attached hydrogen (secondary N) is 1. The van der Waals surface area contributed by atoms with Crippen LogP contribution in [0.15, 0.2) is 42.7 Å². The summed E-state index contributed by atoms with van der Waals surface area (Å²) in [6.07, 6.45) is 4.71. The third-order valence-corrected chi connectivity index (χ3v) is 3.13. The molecule has 2 heterocycles. The number of hydrogen-bond acceptors (Lipinski definition) is 4. The summed E-state index contributed by atoms with van der Waals surface area (Å²) in [6, 6.07) is 9.95. The van der Waals surface area contributed by atoms with Crippen molar-refractivity contribution in [3.8, 4) is 0 Å². The molecule has 102 valence electrons. The van der Waals surface area contributed by atoms with E-state index < -0.39 is 0 Å². The molecule has 0 atom stereocenters. The number of nitrogens with zero attached hydrogens (tertiary/aromatic N) is 4. The van der Waals surface area contributed by atoms with Crippen molar-refractivity contribution in [3.63, 3.8) is 0 Å². The van der Waals surface area contributed by atoms with Gasteiger partial charge in [0.05, 0.1) is 28.6 Å². The molecule has 3 rings (SSSR count). The van der Waals surface area contributed by atoms with Crippen LogP contribution in [0.3, 0.4) is 0 Å². The van der Waals surface area contributed by atoms with Crippen molar-refractivity contribution >= 4 is 11.0 Å². The number of fused-ring (bicyclic) bond motifs is 1. The highest BCUT2D eigenvalue weighted by Crippen LogP contribution is 2.08. The maximum atomic E-state index is 4.58. The monoisotopic (exact) mass is 267 g/mol. The van der Waals surface area contributed by atoms with Gasteiger partial charge in [-0.25, -0.2) is 4.98 Å². The Morgan fingerprint density at radius 3 is 2.75 bits per heavy atom. The van der Waals surface area contributed by atoms with Crippen LogP contribution < -0.4 is 5.32 Å². The van der Waals surface area contributed by atoms with Crippen molar-refractivity contribution in [2.45, 2.75) is 13.0 Å². The Balaban J connectivity index is 1.54. The molecular formula is C15H17N5. The van der Waals surface area contributed by atoms with Crippen molar-refractivity contribution in [2.75, 3.05) is 6.54 Å². The van der Waals surface area contributed by atoms with Crippen LogP contribution >= 0.6 is 0 Å². The molecule has 1 N–H and O–H groups in total. The number of aromatic nitrogens is 4. The Hall–Kier alpha value is -2.27. The number of hydrogen-bond donors (Lipinski definition) is 1. The molecule has 0 unspecified atom stereocenters. The number of aryl methyl sites for hydroxylation is 1. The molecule has 0 fully saturated rings. The molecule has 3 aromatic rings. The van der Waals surface area contributed by atoms with Gasteiger partial charge in [0.15, 0.2) is 0 Å². The highest BCUT2D eigenvalue weighted by molar-refractivity contribution is 5.73. The summed E-state index contributed by atoms with van der Waals surface area (Å²) >= 11 is 0. The van der Waals surface area contributed by atoms with Gasteiger partial charge in [0.25, 0.3) is 0 Å². The average Bonchev–Trinajstić information content (AvgIpc) is 2.89. The average molecular weight is 267 g/mol. The SMILES string of the molecule is Cn1ccc(CCNCc2cnc3ccccc3n2)n1. The lowest BCUT2D eigenvalue weighted by atomic mass is 10.3. The van der Waals surface area contributed by atoms with Crippen LogP contribution in [0.5, 0.6) is 0 Å². The lowest BCUT2D eigenvalue weighted by Crippen LogP contribution is -2.18. The third kappa shape index (κ3) is 3.00. The predicted octanol–water partition coefficient (Wildman–Crippen LogP) is 1.70. The maximum Gasteiger partial charge on any atom is 0.0890 e. The zero-order chi connectivity index (χ0) is 13.8. The quantitative estimate of drug-likeness (QED) is 0.715. The summed E-state index contributed by atoms with van der Waals surface area (Å²) in [5, 5.41) is 7.72. The maximum absolute atomic E-state index is 4.58. The van der Waals surface area contributed by atoms with Gasteiger partial charge < -0.3 is 5.32 Å². The molecule has 0 spiro atoms. The minimum Gasteiger partial charge on any atom is -0.311 e. The Labute approximate surface area is 117 Å². The van der Waals surface area contributed by atoms with Crippen LogP contribution in [0, 0.1) is 0 Å². The Morgan fingerprint density at radius 1 is 1.10 bits per heavy atom. The van der Waals surface area contributed by atoms with Gasteiger partial charge in [0.2, 0.25) is 0 Å². The van der Waals surface area contributed by atoms with E-state index in [4.69, 9.17) is 0 Å². The van der Waals surface area contributed by atoms with E-state index in [1.54, 1.807) is 0 Å². The molecule has 5 heteroatoms. The first-order valence-electron chi connectivity index (χ1n) is 6.71. The van der Waals surface area contributed by atoms with E-state index in [0.717, 1.165) is 41.9 Å². The molecule has 0 amide bonds. The van der Waals surface area contributed by atoms with Crippen LogP contribution in [0.1, 0.15) is 11.4 Å². The molecule has 0 aliphatic carbocycles. The fourth-order valence-corrected chi connectivity index (χ4v) is 2.11. The first-order chi connectivity index (χ1) is 9.81. The number of rotatable bonds is 5. The highest BCUT2D eigenvalue weighted by Gasteiger charge is 2.00. The highest BCUT2D eigenvalue weighted by atomic mass is 15.2. The molecule has 0 aliphatic heterocycles. The van der Waals surface area contributed by atoms with E-state index in [2.05, 4.69) is 20.4 Å². The molecule has 2 aromatic heterocycles. The predicted molar refractivity (Wildman–Crippen MR) is 78.2 cm³/mol. The van der Waals surface area contributed by atoms with Crippen LogP contribution in [-0.2, 0) is 20.0 Å². The lowest BCUT2D eigenvalue weighted by molar-refractivity contribution is 0.656. The molecule has 5 nitrogen and oxygen atoms in total. The summed E-state index contributed by atoms with van der Waals surface area (Å²) in [4.78, 5) is 8.98. The van der Waals surface area contributed by atoms with Gasteiger partial charge in [0.1, 0.15) is 0 Å². The minimum atomic E-state index is 0.727. The molecular weight excluding hydrogens is 250 g/mol. The van der Waals surface area contributed by atoms with E-state index in [-0.39, 0.29) is 0 Å². The first-order valence-corrected chi connectivity index (χ1v) is 6.71. The van der Waals surface area contributed by atoms with Crippen LogP contribution in [-0.4, -0.2) is 26.3 Å². The molecule has 0 saturated heterocycles. The molecule has 0 saturated carbocycles. The zero-order valence-electron chi connectivity index (χ0n) is 11.5. The standard InChI is InChI=1S/C15H17N5/c1-20-9-7-12(19-20)6-8-16-10-13-11-17-14-4-2-3-5-15(14)18-13/h2-5,7,9,11,16H,6,8,10H2,1H3. The van der Waals surface area contributed by atoms with Gasteiger partial charge in [-0.2, -0.15) is 5.10 Å². The van der Waals surface area contributed by atoms with Crippen LogP contribution in [0.4, 0.5) is 0 Å². The summed E-state index contributed by atoms with van der Waals surface area (Å²) in [5.41, 5.74) is 3.94. The van der Waals surface area contributed by atoms with E-state index >= 15 is 0 Å². The summed E-state index contributed by atoms with van der Waals surface area (Å²) in [6.45, 7) is 1.61. The van der Waals surface area contributed by atoms with Gasteiger partial charge in [-0.05, 0) is 18.2 Å². The molecule has 0 bridgehead atoms. The van der Waals surface area contributed by atoms with Crippen molar-refractivity contribution in [1.82, 2.24) is 25.1 Å². The van der Waals surface area contributed by atoms with E-state index in [9.17, 15) is 0 Å². The van der Waals surface area contributed by atoms with Crippen molar-refractivity contribution in [3.05, 3.63) is 54.1 Å². The molecule has 1 aromatic carbocycles. The summed E-state index contributed by atoms with van der Waals surface area (Å²) < 4.78 is 1.82. The molecule has 0 aliphatic rings. The Bertz CT molecular complexity index is 704. The van der Waals surface area contributed by atoms with Crippen molar-refractivity contribution < 1.29 is 0 Å². The van der Waals surface area contributed by atoms with Gasteiger partial charge >= 0.3 is 0 Å². The smallest absolute Gasteiger partial charge is 0.0890 e. The lowest BCUT2D eigenvalue weighted by Gasteiger charge is -2.04. The van der Waals surface area contributed by atoms with Crippen molar-refractivity contribution in [2.24, 2.45) is 7.05 Å². The molecule has 20 heavy (non-hydrogen) atoms. The fourth-order valence-electron chi connectivity index (χ4n) is 2.11. The third-order valence-electron chi connectivity index (χ3n) is 3.13. The summed E-state index contributed by atoms with van der Waals surface area (Å²) in [5.74, 6) is 0. The normalized spacial score (nSPS) is 11.1. The first kappa shape index (κ1) is 12.7. The zero-order valence-corrected chi connectivity index (χ0v) is 11.5. The second kappa shape index (κ2) is 5.79. The number of para-hydroxylation sites is 2. The topological polar surface area (TPSA) is 55.6 Å². The minimum absolute atomic E-state index is 0.727. The Morgan fingerprint density at radius 2 is 1.95 bits per heavy atom. The second-order valence-corrected chi connectivity index (χ2v) is 4.76. The largest absolute Gasteiger partial charge is 0.311 e. The molecule has 0 radical (unpaired) electrons. The van der Waals surface area contributed by atoms with Crippen molar-refractivity contribution in [1.29, 1.82) is 0 Å². The van der Waals surface area contributed by atoms with Crippen LogP contribution in [0.2, 0.25) is 0 Å². The Kier molecular flexibility index (Phi) is 3.69.